The van der Waals surface area contributed by atoms with E-state index in [9.17, 15) is 0 Å². The molecule has 1 heterocycles. The standard InChI is InChI=1S/C24H25N/c1-16-9-8-14-25-22(16)17-12-13-21-19(15-17)18-10-6-7-11-20(18)23(2,3)24(21,4)5/h6-15H,1-5H3. The van der Waals surface area contributed by atoms with Gasteiger partial charge in [0.1, 0.15) is 0 Å². The number of pyridine rings is 1. The van der Waals surface area contributed by atoms with Gasteiger partial charge in [-0.3, -0.25) is 4.98 Å². The van der Waals surface area contributed by atoms with Crippen molar-refractivity contribution in [1.82, 2.24) is 4.98 Å². The van der Waals surface area contributed by atoms with E-state index in [1.165, 1.54) is 33.4 Å². The second kappa shape index (κ2) is 5.29. The topological polar surface area (TPSA) is 12.9 Å². The third kappa shape index (κ3) is 2.18. The van der Waals surface area contributed by atoms with Crippen LogP contribution in [0, 0.1) is 6.92 Å². The normalized spacial score (nSPS) is 16.8. The maximum Gasteiger partial charge on any atom is 0.0731 e. The summed E-state index contributed by atoms with van der Waals surface area (Å²) < 4.78 is 0. The smallest absolute Gasteiger partial charge is 0.0731 e. The lowest BCUT2D eigenvalue weighted by Gasteiger charge is -2.48. The van der Waals surface area contributed by atoms with Gasteiger partial charge in [0.25, 0.3) is 0 Å². The summed E-state index contributed by atoms with van der Waals surface area (Å²) in [6, 6.07) is 19.9. The Morgan fingerprint density at radius 2 is 1.40 bits per heavy atom. The predicted octanol–water partition coefficient (Wildman–Crippen LogP) is 6.29. The highest BCUT2D eigenvalue weighted by Crippen LogP contribution is 2.54. The number of aryl methyl sites for hydroxylation is 1. The predicted molar refractivity (Wildman–Crippen MR) is 106 cm³/mol. The lowest BCUT2D eigenvalue weighted by molar-refractivity contribution is 0.299. The Hall–Kier alpha value is -2.41. The lowest BCUT2D eigenvalue weighted by Crippen LogP contribution is -2.43. The van der Waals surface area contributed by atoms with Crippen LogP contribution in [-0.4, -0.2) is 4.98 Å². The van der Waals surface area contributed by atoms with E-state index >= 15 is 0 Å². The minimum absolute atomic E-state index is 0.0639. The van der Waals surface area contributed by atoms with Crippen molar-refractivity contribution < 1.29 is 0 Å². The van der Waals surface area contributed by atoms with Gasteiger partial charge < -0.3 is 0 Å². The van der Waals surface area contributed by atoms with E-state index in [1.807, 2.05) is 12.3 Å². The number of fused-ring (bicyclic) bond motifs is 3. The van der Waals surface area contributed by atoms with E-state index in [0.29, 0.717) is 0 Å². The van der Waals surface area contributed by atoms with Gasteiger partial charge >= 0.3 is 0 Å². The van der Waals surface area contributed by atoms with Crippen molar-refractivity contribution in [2.45, 2.75) is 45.4 Å². The van der Waals surface area contributed by atoms with Crippen LogP contribution in [0.5, 0.6) is 0 Å². The summed E-state index contributed by atoms with van der Waals surface area (Å²) in [4.78, 5) is 4.62. The van der Waals surface area contributed by atoms with Crippen molar-refractivity contribution >= 4 is 0 Å². The van der Waals surface area contributed by atoms with Crippen molar-refractivity contribution in [3.8, 4) is 22.4 Å². The monoisotopic (exact) mass is 327 g/mol. The molecule has 1 heteroatoms. The van der Waals surface area contributed by atoms with E-state index in [-0.39, 0.29) is 10.8 Å². The Morgan fingerprint density at radius 1 is 0.720 bits per heavy atom. The zero-order valence-electron chi connectivity index (χ0n) is 15.7. The molecule has 0 saturated heterocycles. The number of hydrogen-bond acceptors (Lipinski definition) is 1. The van der Waals surface area contributed by atoms with E-state index in [4.69, 9.17) is 0 Å². The molecule has 0 fully saturated rings. The fourth-order valence-corrected chi connectivity index (χ4v) is 4.18. The maximum absolute atomic E-state index is 4.62. The molecule has 0 atom stereocenters. The number of benzene rings is 2. The molecule has 0 amide bonds. The van der Waals surface area contributed by atoms with Crippen molar-refractivity contribution in [3.05, 3.63) is 77.5 Å². The first-order valence-corrected chi connectivity index (χ1v) is 9.00. The zero-order valence-corrected chi connectivity index (χ0v) is 15.7. The second-order valence-electron chi connectivity index (χ2n) is 8.22. The van der Waals surface area contributed by atoms with Gasteiger partial charge in [-0.2, -0.15) is 0 Å². The highest BCUT2D eigenvalue weighted by molar-refractivity contribution is 5.81. The van der Waals surface area contributed by atoms with E-state index < -0.39 is 0 Å². The highest BCUT2D eigenvalue weighted by Gasteiger charge is 2.45. The molecule has 3 aromatic rings. The summed E-state index contributed by atoms with van der Waals surface area (Å²) in [5.41, 5.74) is 9.20. The van der Waals surface area contributed by atoms with Crippen LogP contribution in [0.15, 0.2) is 60.8 Å². The molecule has 1 aliphatic carbocycles. The van der Waals surface area contributed by atoms with Crippen LogP contribution in [0.3, 0.4) is 0 Å². The average Bonchev–Trinajstić information content (AvgIpc) is 2.60. The first kappa shape index (κ1) is 16.1. The fourth-order valence-electron chi connectivity index (χ4n) is 4.18. The summed E-state index contributed by atoms with van der Waals surface area (Å²) in [5.74, 6) is 0. The summed E-state index contributed by atoms with van der Waals surface area (Å²) in [6.45, 7) is 11.6. The average molecular weight is 327 g/mol. The van der Waals surface area contributed by atoms with Gasteiger partial charge in [0.15, 0.2) is 0 Å². The van der Waals surface area contributed by atoms with Crippen molar-refractivity contribution in [1.29, 1.82) is 0 Å². The van der Waals surface area contributed by atoms with Crippen LogP contribution >= 0.6 is 0 Å². The lowest BCUT2D eigenvalue weighted by atomic mass is 9.55. The van der Waals surface area contributed by atoms with Crippen LogP contribution in [0.25, 0.3) is 22.4 Å². The van der Waals surface area contributed by atoms with Crippen LogP contribution < -0.4 is 0 Å². The number of rotatable bonds is 1. The Balaban J connectivity index is 2.01. The van der Waals surface area contributed by atoms with Crippen LogP contribution in [0.1, 0.15) is 44.4 Å². The number of aromatic nitrogens is 1. The molecule has 0 bridgehead atoms. The SMILES string of the molecule is Cc1cccnc1-c1ccc2c(c1)-c1ccccc1C(C)(C)C2(C)C. The molecule has 1 aromatic heterocycles. The molecule has 1 aliphatic rings. The molecule has 2 aromatic carbocycles. The molecular formula is C24H25N. The quantitative estimate of drug-likeness (QED) is 0.511. The Labute approximate surface area is 150 Å². The van der Waals surface area contributed by atoms with Gasteiger partial charge in [-0.15, -0.1) is 0 Å². The number of hydrogen-bond donors (Lipinski definition) is 0. The molecule has 25 heavy (non-hydrogen) atoms. The molecule has 0 aliphatic heterocycles. The van der Waals surface area contributed by atoms with Gasteiger partial charge in [-0.05, 0) is 57.7 Å². The zero-order chi connectivity index (χ0) is 17.8. The van der Waals surface area contributed by atoms with Crippen molar-refractivity contribution in [2.24, 2.45) is 0 Å². The minimum atomic E-state index is 0.0639. The molecule has 126 valence electrons. The minimum Gasteiger partial charge on any atom is -0.256 e. The maximum atomic E-state index is 4.62. The van der Waals surface area contributed by atoms with E-state index in [0.717, 1.165) is 5.69 Å². The summed E-state index contributed by atoms with van der Waals surface area (Å²) in [6.07, 6.45) is 1.88. The molecule has 0 spiro atoms. The molecule has 0 saturated carbocycles. The molecule has 0 unspecified atom stereocenters. The van der Waals surface area contributed by atoms with Crippen LogP contribution in [0.2, 0.25) is 0 Å². The van der Waals surface area contributed by atoms with Gasteiger partial charge in [-0.1, -0.05) is 70.2 Å². The molecule has 0 N–H and O–H groups in total. The summed E-state index contributed by atoms with van der Waals surface area (Å²) in [7, 11) is 0. The first-order chi connectivity index (χ1) is 11.8. The first-order valence-electron chi connectivity index (χ1n) is 9.00. The molecule has 1 nitrogen and oxygen atoms in total. The van der Waals surface area contributed by atoms with Crippen molar-refractivity contribution in [2.75, 3.05) is 0 Å². The van der Waals surface area contributed by atoms with Gasteiger partial charge in [0.05, 0.1) is 5.69 Å². The Bertz CT molecular complexity index is 963. The van der Waals surface area contributed by atoms with Crippen LogP contribution in [-0.2, 0) is 10.8 Å². The van der Waals surface area contributed by atoms with E-state index in [2.05, 4.69) is 88.1 Å². The Kier molecular flexibility index (Phi) is 3.40. The van der Waals surface area contributed by atoms with E-state index in [1.54, 1.807) is 0 Å². The molecule has 0 radical (unpaired) electrons. The largest absolute Gasteiger partial charge is 0.256 e. The molecular weight excluding hydrogens is 302 g/mol. The summed E-state index contributed by atoms with van der Waals surface area (Å²) >= 11 is 0. The molecule has 4 rings (SSSR count). The summed E-state index contributed by atoms with van der Waals surface area (Å²) in [5, 5.41) is 0. The van der Waals surface area contributed by atoms with Crippen molar-refractivity contribution in [3.63, 3.8) is 0 Å². The number of nitrogens with zero attached hydrogens (tertiary/aromatic N) is 1. The third-order valence-corrected chi connectivity index (χ3v) is 6.43. The van der Waals surface area contributed by atoms with Crippen LogP contribution in [0.4, 0.5) is 0 Å². The highest BCUT2D eigenvalue weighted by atomic mass is 14.7. The fraction of sp³-hybridized carbons (Fsp3) is 0.292. The third-order valence-electron chi connectivity index (χ3n) is 6.43. The van der Waals surface area contributed by atoms with Gasteiger partial charge in [0.2, 0.25) is 0 Å². The second-order valence-corrected chi connectivity index (χ2v) is 8.22. The van der Waals surface area contributed by atoms with Gasteiger partial charge in [-0.25, -0.2) is 0 Å². The Morgan fingerprint density at radius 3 is 2.12 bits per heavy atom. The van der Waals surface area contributed by atoms with Gasteiger partial charge in [0, 0.05) is 11.8 Å².